The Balaban J connectivity index is 1.50. The van der Waals surface area contributed by atoms with E-state index >= 15 is 0 Å². The number of hydrogen-bond acceptors (Lipinski definition) is 4. The summed E-state index contributed by atoms with van der Waals surface area (Å²) in [5.74, 6) is -0.355. The largest absolute Gasteiger partial charge is 0.350 e. The summed E-state index contributed by atoms with van der Waals surface area (Å²) in [4.78, 5) is 27.8. The highest BCUT2D eigenvalue weighted by Gasteiger charge is 2.33. The van der Waals surface area contributed by atoms with E-state index in [2.05, 4.69) is 27.7 Å². The molecule has 1 aliphatic rings. The van der Waals surface area contributed by atoms with Crippen LogP contribution in [0.1, 0.15) is 35.5 Å². The number of nitrogens with zero attached hydrogens (tertiary/aromatic N) is 1. The molecule has 138 valence electrons. The zero-order chi connectivity index (χ0) is 18.6. The molecule has 2 N–H and O–H groups in total. The van der Waals surface area contributed by atoms with E-state index in [0.717, 1.165) is 26.1 Å². The van der Waals surface area contributed by atoms with E-state index in [1.165, 1.54) is 16.9 Å². The monoisotopic (exact) mass is 371 g/mol. The standard InChI is InChI=1S/C20H25N3O2S/c1-20(2,22-18(24)17-9-6-12-26-17)19(25)21-16-10-11-23(14-16)13-15-7-4-3-5-8-15/h3-9,12,16H,10-11,13-14H2,1-2H3,(H,21,25)(H,22,24)/t16-/m1/s1. The van der Waals surface area contributed by atoms with Crippen molar-refractivity contribution in [2.24, 2.45) is 0 Å². The fourth-order valence-electron chi connectivity index (χ4n) is 3.11. The minimum atomic E-state index is -0.950. The van der Waals surface area contributed by atoms with Gasteiger partial charge in [-0.3, -0.25) is 14.5 Å². The molecule has 0 bridgehead atoms. The van der Waals surface area contributed by atoms with Crippen molar-refractivity contribution < 1.29 is 9.59 Å². The van der Waals surface area contributed by atoms with Crippen LogP contribution < -0.4 is 10.6 Å². The Hall–Kier alpha value is -2.18. The highest BCUT2D eigenvalue weighted by atomic mass is 32.1. The summed E-state index contributed by atoms with van der Waals surface area (Å²) in [7, 11) is 0. The van der Waals surface area contributed by atoms with E-state index in [1.807, 2.05) is 29.6 Å². The Morgan fingerprint density at radius 3 is 2.65 bits per heavy atom. The van der Waals surface area contributed by atoms with Gasteiger partial charge < -0.3 is 10.6 Å². The van der Waals surface area contributed by atoms with Crippen molar-refractivity contribution in [2.75, 3.05) is 13.1 Å². The number of thiophene rings is 1. The van der Waals surface area contributed by atoms with Gasteiger partial charge in [0.15, 0.2) is 0 Å². The first-order valence-electron chi connectivity index (χ1n) is 8.87. The van der Waals surface area contributed by atoms with Crippen molar-refractivity contribution in [1.82, 2.24) is 15.5 Å². The number of carbonyl (C=O) groups is 2. The Labute approximate surface area is 158 Å². The molecule has 0 aliphatic carbocycles. The minimum Gasteiger partial charge on any atom is -0.350 e. The second-order valence-corrected chi connectivity index (χ2v) is 8.18. The lowest BCUT2D eigenvalue weighted by Gasteiger charge is -2.27. The molecule has 2 heterocycles. The molecular formula is C20H25N3O2S. The van der Waals surface area contributed by atoms with Gasteiger partial charge in [-0.2, -0.15) is 0 Å². The van der Waals surface area contributed by atoms with Gasteiger partial charge in [-0.1, -0.05) is 36.4 Å². The summed E-state index contributed by atoms with van der Waals surface area (Å²) >= 11 is 1.37. The van der Waals surface area contributed by atoms with Gasteiger partial charge in [-0.25, -0.2) is 0 Å². The van der Waals surface area contributed by atoms with Crippen molar-refractivity contribution in [3.05, 3.63) is 58.3 Å². The fourth-order valence-corrected chi connectivity index (χ4v) is 3.73. The summed E-state index contributed by atoms with van der Waals surface area (Å²) in [6.45, 7) is 6.16. The van der Waals surface area contributed by atoms with Gasteiger partial charge in [-0.05, 0) is 37.3 Å². The van der Waals surface area contributed by atoms with Gasteiger partial charge in [0.05, 0.1) is 4.88 Å². The molecule has 0 saturated carbocycles. The number of hydrogen-bond donors (Lipinski definition) is 2. The first kappa shape index (κ1) is 18.6. The number of amides is 2. The van der Waals surface area contributed by atoms with Crippen LogP contribution >= 0.6 is 11.3 Å². The van der Waals surface area contributed by atoms with Crippen molar-refractivity contribution >= 4 is 23.2 Å². The molecular weight excluding hydrogens is 346 g/mol. The quantitative estimate of drug-likeness (QED) is 0.821. The summed E-state index contributed by atoms with van der Waals surface area (Å²) < 4.78 is 0. The van der Waals surface area contributed by atoms with E-state index in [0.29, 0.717) is 4.88 Å². The van der Waals surface area contributed by atoms with E-state index in [-0.39, 0.29) is 17.9 Å². The van der Waals surface area contributed by atoms with Crippen molar-refractivity contribution in [1.29, 1.82) is 0 Å². The predicted octanol–water partition coefficient (Wildman–Crippen LogP) is 2.65. The smallest absolute Gasteiger partial charge is 0.262 e. The average molecular weight is 372 g/mol. The van der Waals surface area contributed by atoms with Crippen LogP contribution in [0.15, 0.2) is 47.8 Å². The van der Waals surface area contributed by atoms with Gasteiger partial charge in [-0.15, -0.1) is 11.3 Å². The fraction of sp³-hybridized carbons (Fsp3) is 0.400. The summed E-state index contributed by atoms with van der Waals surface area (Å²) in [6.07, 6.45) is 0.924. The molecule has 1 aromatic carbocycles. The SMILES string of the molecule is CC(C)(NC(=O)c1cccs1)C(=O)N[C@@H]1CCN(Cc2ccccc2)C1. The van der Waals surface area contributed by atoms with Crippen LogP contribution in [-0.4, -0.2) is 41.4 Å². The molecule has 1 saturated heterocycles. The highest BCUT2D eigenvalue weighted by molar-refractivity contribution is 7.12. The van der Waals surface area contributed by atoms with Crippen LogP contribution in [0.3, 0.4) is 0 Å². The second kappa shape index (κ2) is 8.01. The minimum absolute atomic E-state index is 0.115. The molecule has 26 heavy (non-hydrogen) atoms. The lowest BCUT2D eigenvalue weighted by Crippen LogP contribution is -2.56. The van der Waals surface area contributed by atoms with Gasteiger partial charge in [0, 0.05) is 25.7 Å². The molecule has 1 aliphatic heterocycles. The van der Waals surface area contributed by atoms with Gasteiger partial charge in [0.25, 0.3) is 5.91 Å². The second-order valence-electron chi connectivity index (χ2n) is 7.24. The molecule has 5 nitrogen and oxygen atoms in total. The van der Waals surface area contributed by atoms with Crippen LogP contribution in [0.4, 0.5) is 0 Å². The Bertz CT molecular complexity index is 744. The number of likely N-dealkylation sites (tertiary alicyclic amines) is 1. The molecule has 3 rings (SSSR count). The summed E-state index contributed by atoms with van der Waals surface area (Å²) in [5, 5.41) is 7.77. The van der Waals surface area contributed by atoms with E-state index in [9.17, 15) is 9.59 Å². The molecule has 1 aromatic heterocycles. The maximum absolute atomic E-state index is 12.6. The molecule has 2 aromatic rings. The topological polar surface area (TPSA) is 61.4 Å². The van der Waals surface area contributed by atoms with Crippen molar-refractivity contribution in [3.8, 4) is 0 Å². The van der Waals surface area contributed by atoms with Crippen LogP contribution in [-0.2, 0) is 11.3 Å². The van der Waals surface area contributed by atoms with Crippen LogP contribution in [0.2, 0.25) is 0 Å². The number of nitrogens with one attached hydrogen (secondary N) is 2. The number of benzene rings is 1. The molecule has 2 amide bonds. The van der Waals surface area contributed by atoms with E-state index in [1.54, 1.807) is 19.9 Å². The molecule has 1 fully saturated rings. The molecule has 1 atom stereocenters. The predicted molar refractivity (Wildman–Crippen MR) is 104 cm³/mol. The normalized spacial score (nSPS) is 17.8. The van der Waals surface area contributed by atoms with E-state index < -0.39 is 5.54 Å². The highest BCUT2D eigenvalue weighted by Crippen LogP contribution is 2.15. The first-order valence-corrected chi connectivity index (χ1v) is 9.75. The van der Waals surface area contributed by atoms with Gasteiger partial charge in [0.2, 0.25) is 5.91 Å². The Morgan fingerprint density at radius 1 is 1.19 bits per heavy atom. The van der Waals surface area contributed by atoms with Crippen LogP contribution in [0.5, 0.6) is 0 Å². The third-order valence-electron chi connectivity index (χ3n) is 4.60. The van der Waals surface area contributed by atoms with Crippen molar-refractivity contribution in [2.45, 2.75) is 38.4 Å². The van der Waals surface area contributed by atoms with E-state index in [4.69, 9.17) is 0 Å². The van der Waals surface area contributed by atoms with Crippen LogP contribution in [0.25, 0.3) is 0 Å². The first-order chi connectivity index (χ1) is 12.4. The maximum atomic E-state index is 12.6. The van der Waals surface area contributed by atoms with Crippen molar-refractivity contribution in [3.63, 3.8) is 0 Å². The third-order valence-corrected chi connectivity index (χ3v) is 5.46. The number of rotatable bonds is 6. The molecule has 6 heteroatoms. The van der Waals surface area contributed by atoms with Gasteiger partial charge >= 0.3 is 0 Å². The Morgan fingerprint density at radius 2 is 1.96 bits per heavy atom. The zero-order valence-electron chi connectivity index (χ0n) is 15.2. The summed E-state index contributed by atoms with van der Waals surface area (Å²) in [5.41, 5.74) is 0.330. The lowest BCUT2D eigenvalue weighted by molar-refractivity contribution is -0.126. The molecule has 0 radical (unpaired) electrons. The molecule has 0 spiro atoms. The Kier molecular flexibility index (Phi) is 5.74. The molecule has 0 unspecified atom stereocenters. The summed E-state index contributed by atoms with van der Waals surface area (Å²) in [6, 6.07) is 14.0. The van der Waals surface area contributed by atoms with Gasteiger partial charge in [0.1, 0.15) is 5.54 Å². The van der Waals surface area contributed by atoms with Crippen LogP contribution in [0, 0.1) is 0 Å². The third kappa shape index (κ3) is 4.71. The average Bonchev–Trinajstić information content (AvgIpc) is 3.27. The maximum Gasteiger partial charge on any atom is 0.262 e. The lowest BCUT2D eigenvalue weighted by atomic mass is 10.0. The zero-order valence-corrected chi connectivity index (χ0v) is 16.0. The number of carbonyl (C=O) groups excluding carboxylic acids is 2.